The number of carbonyl (C=O) groups is 2. The van der Waals surface area contributed by atoms with Gasteiger partial charge in [-0.2, -0.15) is 0 Å². The molecule has 0 unspecified atom stereocenters. The van der Waals surface area contributed by atoms with Gasteiger partial charge in [-0.05, 0) is 23.8 Å². The molecule has 2 aromatic rings. The van der Waals surface area contributed by atoms with Gasteiger partial charge in [-0.25, -0.2) is 4.39 Å². The van der Waals surface area contributed by atoms with Crippen LogP contribution in [-0.2, 0) is 10.5 Å². The molecule has 0 aromatic heterocycles. The summed E-state index contributed by atoms with van der Waals surface area (Å²) in [5.41, 5.74) is 4.63. The van der Waals surface area contributed by atoms with Gasteiger partial charge in [0.05, 0.1) is 23.3 Å². The zero-order valence-electron chi connectivity index (χ0n) is 14.2. The average molecular weight is 393 g/mol. The van der Waals surface area contributed by atoms with Crippen molar-refractivity contribution in [2.24, 2.45) is 0 Å². The maximum atomic E-state index is 13.5. The Kier molecular flexibility index (Phi) is 7.12. The van der Waals surface area contributed by atoms with Gasteiger partial charge in [-0.1, -0.05) is 18.2 Å². The van der Waals surface area contributed by atoms with Crippen molar-refractivity contribution in [3.8, 4) is 5.75 Å². The van der Waals surface area contributed by atoms with Crippen LogP contribution in [0.25, 0.3) is 0 Å². The molecule has 2 rings (SSSR count). The van der Waals surface area contributed by atoms with Gasteiger partial charge in [-0.15, -0.1) is 11.8 Å². The van der Waals surface area contributed by atoms with Crippen molar-refractivity contribution in [1.82, 2.24) is 10.9 Å². The van der Waals surface area contributed by atoms with Gasteiger partial charge in [0, 0.05) is 11.8 Å². The van der Waals surface area contributed by atoms with E-state index in [-0.39, 0.29) is 22.8 Å². The van der Waals surface area contributed by atoms with Crippen molar-refractivity contribution >= 4 is 29.3 Å². The van der Waals surface area contributed by atoms with E-state index in [4.69, 9.17) is 4.74 Å². The van der Waals surface area contributed by atoms with Crippen molar-refractivity contribution in [2.45, 2.75) is 5.75 Å². The number of benzene rings is 2. The molecule has 27 heavy (non-hydrogen) atoms. The molecule has 142 valence electrons. The molecule has 10 heteroatoms. The number of methoxy groups -OCH3 is 1. The molecule has 0 saturated carbocycles. The van der Waals surface area contributed by atoms with Gasteiger partial charge in [0.2, 0.25) is 5.91 Å². The Bertz CT molecular complexity index is 862. The van der Waals surface area contributed by atoms with E-state index in [1.165, 1.54) is 49.2 Å². The summed E-state index contributed by atoms with van der Waals surface area (Å²) in [6, 6.07) is 9.92. The summed E-state index contributed by atoms with van der Waals surface area (Å²) >= 11 is 1.20. The van der Waals surface area contributed by atoms with Crippen LogP contribution in [0.4, 0.5) is 10.1 Å². The van der Waals surface area contributed by atoms with E-state index in [1.807, 2.05) is 0 Å². The molecule has 0 aliphatic heterocycles. The fourth-order valence-corrected chi connectivity index (χ4v) is 2.88. The number of nitro benzene ring substituents is 1. The van der Waals surface area contributed by atoms with Crippen LogP contribution in [0.15, 0.2) is 42.5 Å². The molecule has 0 bridgehead atoms. The van der Waals surface area contributed by atoms with Crippen LogP contribution in [0.5, 0.6) is 5.75 Å². The fraction of sp³-hybridized carbons (Fsp3) is 0.176. The minimum absolute atomic E-state index is 0.00260. The number of ether oxygens (including phenoxy) is 1. The van der Waals surface area contributed by atoms with E-state index in [1.54, 1.807) is 6.07 Å². The molecule has 0 spiro atoms. The first-order valence-corrected chi connectivity index (χ1v) is 8.80. The predicted molar refractivity (Wildman–Crippen MR) is 97.8 cm³/mol. The lowest BCUT2D eigenvalue weighted by molar-refractivity contribution is -0.385. The largest absolute Gasteiger partial charge is 0.490 e. The molecule has 0 heterocycles. The van der Waals surface area contributed by atoms with Crippen LogP contribution >= 0.6 is 11.8 Å². The van der Waals surface area contributed by atoms with Crippen LogP contribution in [0.2, 0.25) is 0 Å². The molecule has 0 radical (unpaired) electrons. The first-order valence-electron chi connectivity index (χ1n) is 7.65. The highest BCUT2D eigenvalue weighted by molar-refractivity contribution is 7.99. The fourth-order valence-electron chi connectivity index (χ4n) is 2.10. The first-order chi connectivity index (χ1) is 12.9. The Morgan fingerprint density at radius 1 is 1.22 bits per heavy atom. The summed E-state index contributed by atoms with van der Waals surface area (Å²) in [5, 5.41) is 11.0. The number of amides is 2. The van der Waals surface area contributed by atoms with E-state index in [9.17, 15) is 24.1 Å². The third-order valence-corrected chi connectivity index (χ3v) is 4.38. The molecule has 0 aliphatic carbocycles. The smallest absolute Gasteiger partial charge is 0.311 e. The summed E-state index contributed by atoms with van der Waals surface area (Å²) < 4.78 is 18.4. The molecule has 0 atom stereocenters. The summed E-state index contributed by atoms with van der Waals surface area (Å²) in [6.45, 7) is 0. The second kappa shape index (κ2) is 9.53. The molecule has 2 amide bonds. The SMILES string of the molecule is COc1ccc(CSCC(=O)NNC(=O)c2ccccc2F)cc1[N+](=O)[O-]. The van der Waals surface area contributed by atoms with Gasteiger partial charge in [0.25, 0.3) is 5.91 Å². The molecule has 2 N–H and O–H groups in total. The quantitative estimate of drug-likeness (QED) is 0.552. The van der Waals surface area contributed by atoms with Crippen molar-refractivity contribution < 1.29 is 23.6 Å². The molecule has 2 aromatic carbocycles. The molecular formula is C17H16FN3O5S. The van der Waals surface area contributed by atoms with Gasteiger partial charge in [-0.3, -0.25) is 30.6 Å². The molecule has 8 nitrogen and oxygen atoms in total. The van der Waals surface area contributed by atoms with Crippen LogP contribution in [-0.4, -0.2) is 29.6 Å². The van der Waals surface area contributed by atoms with Crippen molar-refractivity contribution in [1.29, 1.82) is 0 Å². The summed E-state index contributed by atoms with van der Waals surface area (Å²) in [4.78, 5) is 34.0. The highest BCUT2D eigenvalue weighted by Gasteiger charge is 2.15. The molecular weight excluding hydrogens is 377 g/mol. The number of nitro groups is 1. The van der Waals surface area contributed by atoms with Crippen molar-refractivity contribution in [2.75, 3.05) is 12.9 Å². The third-order valence-electron chi connectivity index (χ3n) is 3.38. The zero-order valence-corrected chi connectivity index (χ0v) is 15.0. The van der Waals surface area contributed by atoms with E-state index < -0.39 is 22.6 Å². The van der Waals surface area contributed by atoms with Crippen LogP contribution in [0.1, 0.15) is 15.9 Å². The number of hydrogen-bond donors (Lipinski definition) is 2. The highest BCUT2D eigenvalue weighted by Crippen LogP contribution is 2.28. The lowest BCUT2D eigenvalue weighted by atomic mass is 10.2. The standard InChI is InChI=1S/C17H16FN3O5S/c1-26-15-7-6-11(8-14(15)21(24)25)9-27-10-16(22)19-20-17(23)12-4-2-3-5-13(12)18/h2-8H,9-10H2,1H3,(H,19,22)(H,20,23). The normalized spacial score (nSPS) is 10.1. The van der Waals surface area contributed by atoms with Crippen LogP contribution < -0.4 is 15.6 Å². The maximum Gasteiger partial charge on any atom is 0.311 e. The minimum Gasteiger partial charge on any atom is -0.490 e. The Balaban J connectivity index is 1.81. The number of rotatable bonds is 7. The first kappa shape index (κ1) is 20.2. The Labute approximate surface area is 158 Å². The maximum absolute atomic E-state index is 13.5. The van der Waals surface area contributed by atoms with Crippen molar-refractivity contribution in [3.63, 3.8) is 0 Å². The number of carbonyl (C=O) groups excluding carboxylic acids is 2. The number of nitrogens with one attached hydrogen (secondary N) is 2. The molecule has 0 fully saturated rings. The van der Waals surface area contributed by atoms with E-state index >= 15 is 0 Å². The Morgan fingerprint density at radius 3 is 2.63 bits per heavy atom. The number of hydrazine groups is 1. The Morgan fingerprint density at radius 2 is 1.96 bits per heavy atom. The molecule has 0 aliphatic rings. The third kappa shape index (κ3) is 5.68. The van der Waals surface area contributed by atoms with Gasteiger partial charge < -0.3 is 4.74 Å². The number of hydrogen-bond acceptors (Lipinski definition) is 6. The topological polar surface area (TPSA) is 111 Å². The lowest BCUT2D eigenvalue weighted by Gasteiger charge is -2.08. The van der Waals surface area contributed by atoms with E-state index in [0.717, 1.165) is 6.07 Å². The second-order valence-electron chi connectivity index (χ2n) is 5.24. The Hall–Kier alpha value is -3.14. The number of thioether (sulfide) groups is 1. The van der Waals surface area contributed by atoms with Gasteiger partial charge in [0.15, 0.2) is 5.75 Å². The zero-order chi connectivity index (χ0) is 19.8. The summed E-state index contributed by atoms with van der Waals surface area (Å²) in [6.07, 6.45) is 0. The predicted octanol–water partition coefficient (Wildman–Crippen LogP) is 2.44. The van der Waals surface area contributed by atoms with Gasteiger partial charge in [0.1, 0.15) is 5.82 Å². The monoisotopic (exact) mass is 393 g/mol. The second-order valence-corrected chi connectivity index (χ2v) is 6.22. The summed E-state index contributed by atoms with van der Waals surface area (Å²) in [7, 11) is 1.34. The summed E-state index contributed by atoms with van der Waals surface area (Å²) in [5.74, 6) is -1.45. The minimum atomic E-state index is -0.766. The molecule has 0 saturated heterocycles. The van der Waals surface area contributed by atoms with Crippen molar-refractivity contribution in [3.05, 3.63) is 69.5 Å². The van der Waals surface area contributed by atoms with E-state index in [0.29, 0.717) is 11.3 Å². The number of halogens is 1. The number of nitrogens with zero attached hydrogens (tertiary/aromatic N) is 1. The van der Waals surface area contributed by atoms with E-state index in [2.05, 4.69) is 10.9 Å². The van der Waals surface area contributed by atoms with Crippen LogP contribution in [0, 0.1) is 15.9 Å². The average Bonchev–Trinajstić information content (AvgIpc) is 2.66. The van der Waals surface area contributed by atoms with Crippen LogP contribution in [0.3, 0.4) is 0 Å². The highest BCUT2D eigenvalue weighted by atomic mass is 32.2. The van der Waals surface area contributed by atoms with Gasteiger partial charge >= 0.3 is 5.69 Å². The lowest BCUT2D eigenvalue weighted by Crippen LogP contribution is -2.42.